The Morgan fingerprint density at radius 1 is 1.13 bits per heavy atom. The van der Waals surface area contributed by atoms with Crippen LogP contribution in [0.3, 0.4) is 0 Å². The predicted octanol–water partition coefficient (Wildman–Crippen LogP) is 3.53. The highest BCUT2D eigenvalue weighted by Gasteiger charge is 2.19. The van der Waals surface area contributed by atoms with E-state index in [9.17, 15) is 9.59 Å². The predicted molar refractivity (Wildman–Crippen MR) is 88.0 cm³/mol. The summed E-state index contributed by atoms with van der Waals surface area (Å²) in [5, 5.41) is 3.09. The van der Waals surface area contributed by atoms with Gasteiger partial charge >= 0.3 is 5.97 Å². The van der Waals surface area contributed by atoms with Gasteiger partial charge in [-0.25, -0.2) is 4.79 Å². The second-order valence-corrected chi connectivity index (χ2v) is 5.21. The van der Waals surface area contributed by atoms with E-state index in [1.807, 2.05) is 0 Å². The normalized spacial score (nSPS) is 11.4. The smallest absolute Gasteiger partial charge is 0.338 e. The molecule has 1 amide bonds. The Hall–Kier alpha value is -2.53. The second kappa shape index (κ2) is 7.65. The third-order valence-corrected chi connectivity index (χ3v) is 3.31. The highest BCUT2D eigenvalue weighted by molar-refractivity contribution is 6.30. The maximum Gasteiger partial charge on any atom is 0.338 e. The van der Waals surface area contributed by atoms with Gasteiger partial charge in [-0.15, -0.1) is 0 Å². The maximum atomic E-state index is 12.1. The van der Waals surface area contributed by atoms with Crippen LogP contribution in [-0.4, -0.2) is 25.1 Å². The number of esters is 1. The molecule has 2 aromatic carbocycles. The molecule has 0 bridgehead atoms. The van der Waals surface area contributed by atoms with E-state index in [0.29, 0.717) is 22.0 Å². The van der Waals surface area contributed by atoms with Crippen LogP contribution >= 0.6 is 11.6 Å². The molecule has 1 atom stereocenters. The van der Waals surface area contributed by atoms with Gasteiger partial charge < -0.3 is 14.8 Å². The van der Waals surface area contributed by atoms with Gasteiger partial charge in [0, 0.05) is 10.7 Å². The topological polar surface area (TPSA) is 64.6 Å². The summed E-state index contributed by atoms with van der Waals surface area (Å²) in [7, 11) is 1.56. The number of rotatable bonds is 5. The fourth-order valence-electron chi connectivity index (χ4n) is 1.82. The molecule has 120 valence electrons. The minimum atomic E-state index is -0.941. The Bertz CT molecular complexity index is 700. The van der Waals surface area contributed by atoms with Crippen LogP contribution < -0.4 is 10.1 Å². The number of ether oxygens (including phenoxy) is 2. The van der Waals surface area contributed by atoms with Crippen molar-refractivity contribution in [2.75, 3.05) is 12.4 Å². The third-order valence-electron chi connectivity index (χ3n) is 3.07. The number of benzene rings is 2. The number of methoxy groups -OCH3 is 1. The van der Waals surface area contributed by atoms with E-state index in [1.165, 1.54) is 13.0 Å². The molecule has 0 heterocycles. The summed E-state index contributed by atoms with van der Waals surface area (Å²) in [6.07, 6.45) is -0.941. The SMILES string of the molecule is COc1ccc(NC(=O)[C@H](C)OC(=O)c2cccc(Cl)c2)cc1. The van der Waals surface area contributed by atoms with Gasteiger partial charge in [-0.1, -0.05) is 17.7 Å². The first-order valence-electron chi connectivity index (χ1n) is 6.91. The highest BCUT2D eigenvalue weighted by Crippen LogP contribution is 2.16. The number of carbonyl (C=O) groups is 2. The molecule has 0 aliphatic carbocycles. The Morgan fingerprint density at radius 2 is 1.83 bits per heavy atom. The lowest BCUT2D eigenvalue weighted by atomic mass is 10.2. The van der Waals surface area contributed by atoms with Gasteiger partial charge in [-0.05, 0) is 49.4 Å². The summed E-state index contributed by atoms with van der Waals surface area (Å²) in [4.78, 5) is 24.0. The van der Waals surface area contributed by atoms with Crippen molar-refractivity contribution in [2.45, 2.75) is 13.0 Å². The van der Waals surface area contributed by atoms with Crippen LogP contribution in [-0.2, 0) is 9.53 Å². The largest absolute Gasteiger partial charge is 0.497 e. The first-order chi connectivity index (χ1) is 11.0. The molecule has 23 heavy (non-hydrogen) atoms. The fraction of sp³-hybridized carbons (Fsp3) is 0.176. The molecule has 2 rings (SSSR count). The van der Waals surface area contributed by atoms with Crippen molar-refractivity contribution in [1.82, 2.24) is 0 Å². The Balaban J connectivity index is 1.95. The first-order valence-corrected chi connectivity index (χ1v) is 7.29. The summed E-state index contributed by atoms with van der Waals surface area (Å²) < 4.78 is 10.2. The molecule has 0 aliphatic heterocycles. The van der Waals surface area contributed by atoms with Crippen molar-refractivity contribution in [3.05, 3.63) is 59.1 Å². The van der Waals surface area contributed by atoms with Gasteiger partial charge in [0.25, 0.3) is 5.91 Å². The molecule has 6 heteroatoms. The van der Waals surface area contributed by atoms with Gasteiger partial charge in [-0.2, -0.15) is 0 Å². The van der Waals surface area contributed by atoms with Crippen molar-refractivity contribution in [3.63, 3.8) is 0 Å². The standard InChI is InChI=1S/C17H16ClNO4/c1-11(23-17(21)12-4-3-5-13(18)10-12)16(20)19-14-6-8-15(22-2)9-7-14/h3-11H,1-2H3,(H,19,20)/t11-/m0/s1. The lowest BCUT2D eigenvalue weighted by Gasteiger charge is -2.14. The maximum absolute atomic E-state index is 12.1. The van der Waals surface area contributed by atoms with Crippen molar-refractivity contribution in [2.24, 2.45) is 0 Å². The number of amides is 1. The summed E-state index contributed by atoms with van der Waals surface area (Å²) in [5.74, 6) is -0.348. The molecule has 0 fully saturated rings. The van der Waals surface area contributed by atoms with Gasteiger partial charge in [0.05, 0.1) is 12.7 Å². The quantitative estimate of drug-likeness (QED) is 0.850. The van der Waals surface area contributed by atoms with E-state index >= 15 is 0 Å². The summed E-state index contributed by atoms with van der Waals surface area (Å²) >= 11 is 5.82. The van der Waals surface area contributed by atoms with E-state index in [4.69, 9.17) is 21.1 Å². The van der Waals surface area contributed by atoms with Gasteiger partial charge in [0.15, 0.2) is 6.10 Å². The Labute approximate surface area is 139 Å². The first kappa shape index (κ1) is 16.8. The summed E-state index contributed by atoms with van der Waals surface area (Å²) in [6, 6.07) is 13.2. The fourth-order valence-corrected chi connectivity index (χ4v) is 2.01. The van der Waals surface area contributed by atoms with Crippen LogP contribution in [0.25, 0.3) is 0 Å². The average Bonchev–Trinajstić information content (AvgIpc) is 2.55. The van der Waals surface area contributed by atoms with Crippen molar-refractivity contribution in [1.29, 1.82) is 0 Å². The van der Waals surface area contributed by atoms with E-state index < -0.39 is 18.0 Å². The van der Waals surface area contributed by atoms with E-state index in [2.05, 4.69) is 5.32 Å². The number of carbonyl (C=O) groups excluding carboxylic acids is 2. The van der Waals surface area contributed by atoms with Gasteiger partial charge in [0.2, 0.25) is 0 Å². The van der Waals surface area contributed by atoms with Crippen LogP contribution in [0.4, 0.5) is 5.69 Å². The van der Waals surface area contributed by atoms with Crippen LogP contribution in [0.1, 0.15) is 17.3 Å². The van der Waals surface area contributed by atoms with Crippen LogP contribution in [0.15, 0.2) is 48.5 Å². The van der Waals surface area contributed by atoms with Crippen molar-refractivity contribution in [3.8, 4) is 5.75 Å². The molecule has 1 N–H and O–H groups in total. The Morgan fingerprint density at radius 3 is 2.43 bits per heavy atom. The van der Waals surface area contributed by atoms with Crippen molar-refractivity contribution < 1.29 is 19.1 Å². The molecule has 0 unspecified atom stereocenters. The van der Waals surface area contributed by atoms with E-state index in [-0.39, 0.29) is 0 Å². The number of hydrogen-bond donors (Lipinski definition) is 1. The van der Waals surface area contributed by atoms with Crippen molar-refractivity contribution >= 4 is 29.2 Å². The van der Waals surface area contributed by atoms with Crippen LogP contribution in [0.2, 0.25) is 5.02 Å². The lowest BCUT2D eigenvalue weighted by Crippen LogP contribution is -2.30. The van der Waals surface area contributed by atoms with E-state index in [0.717, 1.165) is 0 Å². The minimum Gasteiger partial charge on any atom is -0.497 e. The lowest BCUT2D eigenvalue weighted by molar-refractivity contribution is -0.123. The molecule has 0 radical (unpaired) electrons. The number of nitrogens with one attached hydrogen (secondary N) is 1. The van der Waals surface area contributed by atoms with E-state index in [1.54, 1.807) is 49.6 Å². The number of halogens is 1. The summed E-state index contributed by atoms with van der Waals surface area (Å²) in [6.45, 7) is 1.50. The molecule has 0 saturated carbocycles. The monoisotopic (exact) mass is 333 g/mol. The van der Waals surface area contributed by atoms with Gasteiger partial charge in [0.1, 0.15) is 5.75 Å². The zero-order chi connectivity index (χ0) is 16.8. The molecule has 0 aromatic heterocycles. The molecule has 0 saturated heterocycles. The summed E-state index contributed by atoms with van der Waals surface area (Å²) in [5.41, 5.74) is 0.878. The number of anilines is 1. The Kier molecular flexibility index (Phi) is 5.60. The highest BCUT2D eigenvalue weighted by atomic mass is 35.5. The molecular weight excluding hydrogens is 318 g/mol. The molecular formula is C17H16ClNO4. The third kappa shape index (κ3) is 4.72. The minimum absolute atomic E-state index is 0.293. The molecule has 5 nitrogen and oxygen atoms in total. The second-order valence-electron chi connectivity index (χ2n) is 4.78. The van der Waals surface area contributed by atoms with Crippen LogP contribution in [0.5, 0.6) is 5.75 Å². The zero-order valence-electron chi connectivity index (χ0n) is 12.7. The van der Waals surface area contributed by atoms with Crippen LogP contribution in [0, 0.1) is 0 Å². The average molecular weight is 334 g/mol. The molecule has 0 spiro atoms. The molecule has 2 aromatic rings. The zero-order valence-corrected chi connectivity index (χ0v) is 13.5. The molecule has 0 aliphatic rings. The number of hydrogen-bond acceptors (Lipinski definition) is 4. The van der Waals surface area contributed by atoms with Gasteiger partial charge in [-0.3, -0.25) is 4.79 Å².